The second-order valence-electron chi connectivity index (χ2n) is 3.29. The van der Waals surface area contributed by atoms with E-state index in [1.165, 1.54) is 6.07 Å². The number of nitrogens with one attached hydrogen (secondary N) is 1. The Kier molecular flexibility index (Phi) is 4.20. The van der Waals surface area contributed by atoms with Crippen molar-refractivity contribution in [2.45, 2.75) is 5.75 Å². The standard InChI is InChI=1S/C10H10N2O4S/c11-5-8-2-1-3-9(4-8)7-17(15,16)12-6-10(13)14/h1-4,12H,6-7H2,(H,13,14). The molecule has 1 aromatic carbocycles. The van der Waals surface area contributed by atoms with Crippen LogP contribution in [0, 0.1) is 11.3 Å². The van der Waals surface area contributed by atoms with E-state index in [1.807, 2.05) is 10.8 Å². The molecule has 0 saturated carbocycles. The third-order valence-electron chi connectivity index (χ3n) is 1.86. The average Bonchev–Trinajstić information content (AvgIpc) is 2.26. The Morgan fingerprint density at radius 2 is 2.18 bits per heavy atom. The lowest BCUT2D eigenvalue weighted by Gasteiger charge is -2.04. The number of nitrogens with zero attached hydrogens (tertiary/aromatic N) is 1. The molecule has 0 aliphatic rings. The molecule has 6 nitrogen and oxygen atoms in total. The van der Waals surface area contributed by atoms with Gasteiger partial charge in [-0.3, -0.25) is 4.79 Å². The highest BCUT2D eigenvalue weighted by Crippen LogP contribution is 2.07. The van der Waals surface area contributed by atoms with Gasteiger partial charge in [0.15, 0.2) is 0 Å². The molecule has 17 heavy (non-hydrogen) atoms. The third kappa shape index (κ3) is 4.63. The predicted molar refractivity (Wildman–Crippen MR) is 59.4 cm³/mol. The summed E-state index contributed by atoms with van der Waals surface area (Å²) in [6.07, 6.45) is 0. The van der Waals surface area contributed by atoms with Gasteiger partial charge < -0.3 is 5.11 Å². The third-order valence-corrected chi connectivity index (χ3v) is 3.15. The molecule has 0 atom stereocenters. The fraction of sp³-hybridized carbons (Fsp3) is 0.200. The summed E-state index contributed by atoms with van der Waals surface area (Å²) < 4.78 is 24.8. The second-order valence-corrected chi connectivity index (χ2v) is 5.09. The summed E-state index contributed by atoms with van der Waals surface area (Å²) in [6, 6.07) is 8.02. The van der Waals surface area contributed by atoms with Gasteiger partial charge in [0.1, 0.15) is 6.54 Å². The highest BCUT2D eigenvalue weighted by Gasteiger charge is 2.12. The summed E-state index contributed by atoms with van der Waals surface area (Å²) in [6.45, 7) is -0.653. The van der Waals surface area contributed by atoms with Gasteiger partial charge in [0.2, 0.25) is 10.0 Å². The minimum Gasteiger partial charge on any atom is -0.480 e. The van der Waals surface area contributed by atoms with Crippen LogP contribution < -0.4 is 4.72 Å². The smallest absolute Gasteiger partial charge is 0.318 e. The van der Waals surface area contributed by atoms with Crippen LogP contribution in [0.15, 0.2) is 24.3 Å². The van der Waals surface area contributed by atoms with Crippen LogP contribution in [0.2, 0.25) is 0 Å². The fourth-order valence-electron chi connectivity index (χ4n) is 1.17. The molecule has 0 saturated heterocycles. The molecule has 1 rings (SSSR count). The average molecular weight is 254 g/mol. The van der Waals surface area contributed by atoms with Crippen molar-refractivity contribution >= 4 is 16.0 Å². The molecule has 2 N–H and O–H groups in total. The van der Waals surface area contributed by atoms with E-state index in [4.69, 9.17) is 10.4 Å². The minimum atomic E-state index is -3.69. The zero-order chi connectivity index (χ0) is 12.9. The highest BCUT2D eigenvalue weighted by molar-refractivity contribution is 7.88. The molecule has 0 amide bonds. The first kappa shape index (κ1) is 13.2. The highest BCUT2D eigenvalue weighted by atomic mass is 32.2. The number of carboxylic acid groups (broad SMARTS) is 1. The number of sulfonamides is 1. The second kappa shape index (κ2) is 5.43. The molecule has 0 aliphatic carbocycles. The van der Waals surface area contributed by atoms with Crippen molar-refractivity contribution in [3.63, 3.8) is 0 Å². The van der Waals surface area contributed by atoms with Crippen LogP contribution >= 0.6 is 0 Å². The van der Waals surface area contributed by atoms with E-state index in [0.717, 1.165) is 0 Å². The molecular formula is C10H10N2O4S. The Labute approximate surface area is 98.6 Å². The van der Waals surface area contributed by atoms with Crippen LogP contribution in [0.5, 0.6) is 0 Å². The maximum Gasteiger partial charge on any atom is 0.318 e. The molecular weight excluding hydrogens is 244 g/mol. The first-order valence-electron chi connectivity index (χ1n) is 4.61. The Balaban J connectivity index is 2.76. The zero-order valence-corrected chi connectivity index (χ0v) is 9.57. The summed E-state index contributed by atoms with van der Waals surface area (Å²) in [4.78, 5) is 10.2. The molecule has 0 radical (unpaired) electrons. The first-order chi connectivity index (χ1) is 7.93. The minimum absolute atomic E-state index is 0.351. The number of carboxylic acids is 1. The molecule has 1 aromatic rings. The zero-order valence-electron chi connectivity index (χ0n) is 8.75. The lowest BCUT2D eigenvalue weighted by Crippen LogP contribution is -2.30. The van der Waals surface area contributed by atoms with E-state index in [-0.39, 0.29) is 5.75 Å². The SMILES string of the molecule is N#Cc1cccc(CS(=O)(=O)NCC(=O)O)c1. The maximum atomic E-state index is 11.4. The maximum absolute atomic E-state index is 11.4. The molecule has 90 valence electrons. The lowest BCUT2D eigenvalue weighted by atomic mass is 10.2. The summed E-state index contributed by atoms with van der Waals surface area (Å²) in [7, 11) is -3.69. The fourth-order valence-corrected chi connectivity index (χ4v) is 2.24. The normalized spacial score (nSPS) is 10.8. The number of hydrogen-bond donors (Lipinski definition) is 2. The van der Waals surface area contributed by atoms with E-state index < -0.39 is 22.5 Å². The van der Waals surface area contributed by atoms with Gasteiger partial charge in [-0.2, -0.15) is 5.26 Å². The van der Waals surface area contributed by atoms with Crippen LogP contribution in [0.3, 0.4) is 0 Å². The molecule has 0 heterocycles. The largest absolute Gasteiger partial charge is 0.480 e. The van der Waals surface area contributed by atoms with Crippen molar-refractivity contribution in [1.29, 1.82) is 5.26 Å². The number of aliphatic carboxylic acids is 1. The van der Waals surface area contributed by atoms with Crippen molar-refractivity contribution in [3.05, 3.63) is 35.4 Å². The summed E-state index contributed by atoms with van der Waals surface area (Å²) in [5.74, 6) is -1.60. The number of rotatable bonds is 5. The van der Waals surface area contributed by atoms with Crippen LogP contribution in [-0.4, -0.2) is 26.0 Å². The van der Waals surface area contributed by atoms with E-state index in [9.17, 15) is 13.2 Å². The molecule has 0 unspecified atom stereocenters. The first-order valence-corrected chi connectivity index (χ1v) is 6.26. The van der Waals surface area contributed by atoms with Gasteiger partial charge in [0.25, 0.3) is 0 Å². The Morgan fingerprint density at radius 3 is 2.76 bits per heavy atom. The van der Waals surface area contributed by atoms with Gasteiger partial charge in [-0.25, -0.2) is 13.1 Å². The van der Waals surface area contributed by atoms with Crippen LogP contribution in [0.1, 0.15) is 11.1 Å². The molecule has 0 spiro atoms. The van der Waals surface area contributed by atoms with E-state index in [1.54, 1.807) is 18.2 Å². The summed E-state index contributed by atoms with van der Waals surface area (Å²) in [5, 5.41) is 17.0. The van der Waals surface area contributed by atoms with Crippen LogP contribution in [0.4, 0.5) is 0 Å². The molecule has 7 heteroatoms. The van der Waals surface area contributed by atoms with Gasteiger partial charge in [-0.15, -0.1) is 0 Å². The predicted octanol–water partition coefficient (Wildman–Crippen LogP) is 0.0623. The van der Waals surface area contributed by atoms with Crippen LogP contribution in [0.25, 0.3) is 0 Å². The number of nitriles is 1. The van der Waals surface area contributed by atoms with Crippen molar-refractivity contribution in [1.82, 2.24) is 4.72 Å². The van der Waals surface area contributed by atoms with E-state index in [2.05, 4.69) is 0 Å². The molecule has 0 aliphatic heterocycles. The molecule has 0 aromatic heterocycles. The van der Waals surface area contributed by atoms with Gasteiger partial charge in [0.05, 0.1) is 17.4 Å². The lowest BCUT2D eigenvalue weighted by molar-refractivity contribution is -0.135. The van der Waals surface area contributed by atoms with Gasteiger partial charge in [0, 0.05) is 0 Å². The summed E-state index contributed by atoms with van der Waals surface area (Å²) >= 11 is 0. The van der Waals surface area contributed by atoms with Gasteiger partial charge >= 0.3 is 5.97 Å². The Morgan fingerprint density at radius 1 is 1.47 bits per heavy atom. The Hall–Kier alpha value is -1.91. The molecule has 0 fully saturated rings. The number of carbonyl (C=O) groups is 1. The van der Waals surface area contributed by atoms with Crippen molar-refractivity contribution < 1.29 is 18.3 Å². The Bertz CT molecular complexity index is 560. The number of benzene rings is 1. The topological polar surface area (TPSA) is 107 Å². The molecule has 0 bridgehead atoms. The van der Waals surface area contributed by atoms with Crippen LogP contribution in [-0.2, 0) is 20.6 Å². The summed E-state index contributed by atoms with van der Waals surface area (Å²) in [5.41, 5.74) is 0.790. The van der Waals surface area contributed by atoms with Gasteiger partial charge in [-0.05, 0) is 17.7 Å². The van der Waals surface area contributed by atoms with E-state index >= 15 is 0 Å². The quantitative estimate of drug-likeness (QED) is 0.772. The van der Waals surface area contributed by atoms with E-state index in [0.29, 0.717) is 11.1 Å². The van der Waals surface area contributed by atoms with Crippen molar-refractivity contribution in [2.75, 3.05) is 6.54 Å². The van der Waals surface area contributed by atoms with Crippen molar-refractivity contribution in [3.8, 4) is 6.07 Å². The number of hydrogen-bond acceptors (Lipinski definition) is 4. The van der Waals surface area contributed by atoms with Gasteiger partial charge in [-0.1, -0.05) is 12.1 Å². The monoisotopic (exact) mass is 254 g/mol. The van der Waals surface area contributed by atoms with Crippen molar-refractivity contribution in [2.24, 2.45) is 0 Å².